The Labute approximate surface area is 174 Å². The number of thioether (sulfide) groups is 1. The maximum absolute atomic E-state index is 13.1. The first-order valence-corrected chi connectivity index (χ1v) is 10.3. The van der Waals surface area contributed by atoms with Crippen LogP contribution in [0.3, 0.4) is 0 Å². The molecule has 2 heterocycles. The Morgan fingerprint density at radius 3 is 2.48 bits per heavy atom. The summed E-state index contributed by atoms with van der Waals surface area (Å²) < 4.78 is 0. The predicted molar refractivity (Wildman–Crippen MR) is 117 cm³/mol. The van der Waals surface area contributed by atoms with E-state index in [2.05, 4.69) is 9.98 Å². The third-order valence-corrected chi connectivity index (χ3v) is 5.84. The van der Waals surface area contributed by atoms with E-state index in [4.69, 9.17) is 0 Å². The summed E-state index contributed by atoms with van der Waals surface area (Å²) in [5.74, 6) is -0.202. The fourth-order valence-corrected chi connectivity index (χ4v) is 4.38. The number of amides is 1. The smallest absolute Gasteiger partial charge is 0.268 e. The Morgan fingerprint density at radius 1 is 1.14 bits per heavy atom. The highest BCUT2D eigenvalue weighted by molar-refractivity contribution is 8.19. The number of hydrogen-bond acceptors (Lipinski definition) is 7. The van der Waals surface area contributed by atoms with E-state index in [0.717, 1.165) is 5.69 Å². The van der Waals surface area contributed by atoms with E-state index in [0.29, 0.717) is 26.5 Å². The number of nitro benzene ring substituents is 1. The molecule has 1 aliphatic heterocycles. The number of carbonyl (C=O) groups is 1. The second kappa shape index (κ2) is 7.98. The van der Waals surface area contributed by atoms with Crippen molar-refractivity contribution in [1.82, 2.24) is 4.98 Å². The summed E-state index contributed by atoms with van der Waals surface area (Å²) in [4.78, 5) is 34.5. The molecule has 1 fully saturated rings. The molecule has 9 heteroatoms. The number of para-hydroxylation sites is 1. The third kappa shape index (κ3) is 4.10. The van der Waals surface area contributed by atoms with Gasteiger partial charge in [-0.15, -0.1) is 11.3 Å². The van der Waals surface area contributed by atoms with Crippen LogP contribution in [-0.2, 0) is 4.79 Å². The van der Waals surface area contributed by atoms with Gasteiger partial charge < -0.3 is 0 Å². The summed E-state index contributed by atoms with van der Waals surface area (Å²) in [5, 5.41) is 13.8. The van der Waals surface area contributed by atoms with Crippen LogP contribution in [0.25, 0.3) is 6.08 Å². The fraction of sp³-hybridized carbons (Fsp3) is 0.0500. The molecule has 0 N–H and O–H groups in total. The zero-order valence-corrected chi connectivity index (χ0v) is 16.8. The van der Waals surface area contributed by atoms with Crippen molar-refractivity contribution in [1.29, 1.82) is 0 Å². The minimum absolute atomic E-state index is 0.00450. The molecule has 1 saturated heterocycles. The highest BCUT2D eigenvalue weighted by Gasteiger charge is 2.35. The van der Waals surface area contributed by atoms with Crippen LogP contribution >= 0.6 is 23.1 Å². The zero-order chi connectivity index (χ0) is 20.4. The molecule has 1 aromatic heterocycles. The Morgan fingerprint density at radius 2 is 1.86 bits per heavy atom. The number of aromatic nitrogens is 1. The Bertz CT molecular complexity index is 1140. The van der Waals surface area contributed by atoms with Crippen molar-refractivity contribution in [3.8, 4) is 0 Å². The molecule has 1 amide bonds. The van der Waals surface area contributed by atoms with Gasteiger partial charge in [-0.25, -0.2) is 4.98 Å². The average molecular weight is 422 g/mol. The number of rotatable bonds is 4. The molecular weight excluding hydrogens is 408 g/mol. The van der Waals surface area contributed by atoms with Crippen LogP contribution in [0.4, 0.5) is 16.5 Å². The largest absolute Gasteiger partial charge is 0.271 e. The molecule has 7 nitrogen and oxygen atoms in total. The number of thiazole rings is 1. The van der Waals surface area contributed by atoms with Crippen LogP contribution < -0.4 is 4.90 Å². The molecule has 0 saturated carbocycles. The summed E-state index contributed by atoms with van der Waals surface area (Å²) in [5.41, 5.74) is 2.29. The lowest BCUT2D eigenvalue weighted by atomic mass is 10.2. The first kappa shape index (κ1) is 19.0. The summed E-state index contributed by atoms with van der Waals surface area (Å²) in [6.45, 7) is 1.89. The molecule has 0 bridgehead atoms. The molecule has 29 heavy (non-hydrogen) atoms. The molecular formula is C20H14N4O3S2. The molecule has 0 atom stereocenters. The van der Waals surface area contributed by atoms with Gasteiger partial charge in [-0.3, -0.25) is 19.8 Å². The fourth-order valence-electron chi connectivity index (χ4n) is 2.67. The van der Waals surface area contributed by atoms with Crippen LogP contribution in [0.1, 0.15) is 11.3 Å². The third-order valence-electron chi connectivity index (χ3n) is 4.02. The van der Waals surface area contributed by atoms with Crippen LogP contribution in [0.15, 0.2) is 69.9 Å². The van der Waals surface area contributed by atoms with E-state index in [-0.39, 0.29) is 11.6 Å². The van der Waals surface area contributed by atoms with E-state index in [1.807, 2.05) is 42.6 Å². The molecule has 0 unspecified atom stereocenters. The summed E-state index contributed by atoms with van der Waals surface area (Å²) >= 11 is 2.66. The number of carbonyl (C=O) groups excluding carboxylic acids is 1. The number of aryl methyl sites for hydroxylation is 1. The zero-order valence-electron chi connectivity index (χ0n) is 15.2. The van der Waals surface area contributed by atoms with Gasteiger partial charge in [0, 0.05) is 17.5 Å². The lowest BCUT2D eigenvalue weighted by Crippen LogP contribution is -2.28. The average Bonchev–Trinajstić information content (AvgIpc) is 3.26. The lowest BCUT2D eigenvalue weighted by Gasteiger charge is -2.14. The molecule has 0 spiro atoms. The number of hydrogen-bond donors (Lipinski definition) is 0. The Hall–Kier alpha value is -3.30. The van der Waals surface area contributed by atoms with Crippen molar-refractivity contribution in [3.05, 3.63) is 86.3 Å². The van der Waals surface area contributed by atoms with Crippen molar-refractivity contribution in [2.24, 2.45) is 4.99 Å². The van der Waals surface area contributed by atoms with Gasteiger partial charge in [-0.2, -0.15) is 4.99 Å². The highest BCUT2D eigenvalue weighted by Crippen LogP contribution is 2.37. The lowest BCUT2D eigenvalue weighted by molar-refractivity contribution is -0.384. The number of non-ortho nitro benzene ring substituents is 1. The van der Waals surface area contributed by atoms with E-state index in [9.17, 15) is 14.9 Å². The second-order valence-electron chi connectivity index (χ2n) is 6.10. The molecule has 0 radical (unpaired) electrons. The van der Waals surface area contributed by atoms with Gasteiger partial charge in [-0.1, -0.05) is 18.2 Å². The van der Waals surface area contributed by atoms with Crippen molar-refractivity contribution >= 4 is 56.8 Å². The minimum Gasteiger partial charge on any atom is -0.268 e. The van der Waals surface area contributed by atoms with E-state index in [1.165, 1.54) is 35.2 Å². The molecule has 2 aromatic carbocycles. The maximum Gasteiger partial charge on any atom is 0.271 e. The molecule has 0 aliphatic carbocycles. The first-order valence-electron chi connectivity index (χ1n) is 8.55. The van der Waals surface area contributed by atoms with Crippen LogP contribution in [-0.4, -0.2) is 21.0 Å². The number of benzene rings is 2. The van der Waals surface area contributed by atoms with Gasteiger partial charge in [-0.05, 0) is 54.6 Å². The topological polar surface area (TPSA) is 88.7 Å². The summed E-state index contributed by atoms with van der Waals surface area (Å²) in [6.07, 6.45) is 1.71. The number of aliphatic imine (C=N–C) groups is 1. The normalized spacial score (nSPS) is 16.7. The van der Waals surface area contributed by atoms with Crippen molar-refractivity contribution in [2.45, 2.75) is 6.92 Å². The van der Waals surface area contributed by atoms with Gasteiger partial charge in [0.1, 0.15) is 0 Å². The van der Waals surface area contributed by atoms with E-state index < -0.39 is 4.92 Å². The summed E-state index contributed by atoms with van der Waals surface area (Å²) in [7, 11) is 0. The van der Waals surface area contributed by atoms with Gasteiger partial charge in [0.2, 0.25) is 5.13 Å². The number of nitro groups is 1. The van der Waals surface area contributed by atoms with E-state index >= 15 is 0 Å². The summed E-state index contributed by atoms with van der Waals surface area (Å²) in [6, 6.07) is 15.3. The van der Waals surface area contributed by atoms with Crippen LogP contribution in [0.5, 0.6) is 0 Å². The van der Waals surface area contributed by atoms with Crippen LogP contribution in [0, 0.1) is 17.0 Å². The van der Waals surface area contributed by atoms with Crippen molar-refractivity contribution < 1.29 is 9.72 Å². The predicted octanol–water partition coefficient (Wildman–Crippen LogP) is 5.17. The minimum atomic E-state index is -0.454. The standard InChI is InChI=1S/C20H14N4O3S2/c1-13-12-28-19(21-13)22-20-23(15-5-3-2-4-6-15)18(25)17(29-20)11-14-7-9-16(10-8-14)24(26)27/h2-12H,1H3/b17-11-,22-20+. The first-order chi connectivity index (χ1) is 14.0. The SMILES string of the molecule is Cc1csc(/N=C2/S/C(=C\c3ccc([N+](=O)[O-])cc3)C(=O)N2c2ccccc2)n1. The van der Waals surface area contributed by atoms with Gasteiger partial charge in [0.05, 0.1) is 21.2 Å². The van der Waals surface area contributed by atoms with E-state index in [1.54, 1.807) is 23.1 Å². The second-order valence-corrected chi connectivity index (χ2v) is 7.95. The number of anilines is 1. The number of nitrogens with zero attached hydrogens (tertiary/aromatic N) is 4. The Balaban J connectivity index is 1.72. The highest BCUT2D eigenvalue weighted by atomic mass is 32.2. The molecule has 1 aliphatic rings. The van der Waals surface area contributed by atoms with Gasteiger partial charge in [0.15, 0.2) is 5.17 Å². The molecule has 3 aromatic rings. The Kier molecular flexibility index (Phi) is 5.24. The molecule has 144 valence electrons. The van der Waals surface area contributed by atoms with Crippen LogP contribution in [0.2, 0.25) is 0 Å². The van der Waals surface area contributed by atoms with Crippen molar-refractivity contribution in [2.75, 3.05) is 4.90 Å². The number of amidine groups is 1. The van der Waals surface area contributed by atoms with Gasteiger partial charge in [0.25, 0.3) is 11.6 Å². The molecule has 4 rings (SSSR count). The van der Waals surface area contributed by atoms with Crippen molar-refractivity contribution in [3.63, 3.8) is 0 Å². The maximum atomic E-state index is 13.1. The quantitative estimate of drug-likeness (QED) is 0.329. The monoisotopic (exact) mass is 422 g/mol. The van der Waals surface area contributed by atoms with Gasteiger partial charge >= 0.3 is 0 Å².